The van der Waals surface area contributed by atoms with E-state index < -0.39 is 5.41 Å². The Bertz CT molecular complexity index is 827. The predicted octanol–water partition coefficient (Wildman–Crippen LogP) is 3.87. The Morgan fingerprint density at radius 3 is 2.22 bits per heavy atom. The van der Waals surface area contributed by atoms with Gasteiger partial charge in [-0.2, -0.15) is 0 Å². The second kappa shape index (κ2) is 7.78. The number of nitrogens with one attached hydrogen (secondary N) is 1. The van der Waals surface area contributed by atoms with Crippen molar-refractivity contribution in [3.05, 3.63) is 42.0 Å². The molecule has 0 saturated heterocycles. The van der Waals surface area contributed by atoms with Gasteiger partial charge in [0.05, 0.1) is 26.7 Å². The normalized spacial score (nSPS) is 15.2. The van der Waals surface area contributed by atoms with Crippen LogP contribution in [0.5, 0.6) is 23.0 Å². The molecule has 2 aromatic rings. The zero-order chi connectivity index (χ0) is 19.4. The number of carbonyl (C=O) groups is 1. The molecule has 144 valence electrons. The van der Waals surface area contributed by atoms with Crippen LogP contribution in [0.15, 0.2) is 36.4 Å². The highest BCUT2D eigenvalue weighted by Crippen LogP contribution is 2.44. The Hall–Kier alpha value is -2.89. The monoisotopic (exact) mass is 371 g/mol. The lowest BCUT2D eigenvalue weighted by Crippen LogP contribution is -2.38. The number of anilines is 1. The van der Waals surface area contributed by atoms with E-state index in [1.807, 2.05) is 18.2 Å². The van der Waals surface area contributed by atoms with Gasteiger partial charge in [-0.25, -0.2) is 0 Å². The van der Waals surface area contributed by atoms with E-state index >= 15 is 0 Å². The number of phenolic OH excluding ortho intramolecular Hbond substituents is 1. The number of benzene rings is 2. The second-order valence-corrected chi connectivity index (χ2v) is 6.70. The third kappa shape index (κ3) is 3.52. The Kier molecular flexibility index (Phi) is 5.44. The average molecular weight is 371 g/mol. The minimum Gasteiger partial charge on any atom is -0.504 e. The number of hydrogen-bond donors (Lipinski definition) is 2. The maximum Gasteiger partial charge on any atom is 0.235 e. The fourth-order valence-corrected chi connectivity index (χ4v) is 3.77. The first kappa shape index (κ1) is 18.9. The molecule has 0 bridgehead atoms. The molecular weight excluding hydrogens is 346 g/mol. The third-order valence-corrected chi connectivity index (χ3v) is 5.27. The van der Waals surface area contributed by atoms with E-state index in [1.54, 1.807) is 26.4 Å². The summed E-state index contributed by atoms with van der Waals surface area (Å²) in [7, 11) is 4.66. The second-order valence-electron chi connectivity index (χ2n) is 6.70. The van der Waals surface area contributed by atoms with Gasteiger partial charge in [-0.05, 0) is 42.7 Å². The van der Waals surface area contributed by atoms with Crippen molar-refractivity contribution in [2.75, 3.05) is 26.6 Å². The predicted molar refractivity (Wildman–Crippen MR) is 103 cm³/mol. The van der Waals surface area contributed by atoms with Gasteiger partial charge >= 0.3 is 0 Å². The first-order valence-corrected chi connectivity index (χ1v) is 8.95. The molecule has 6 heteroatoms. The summed E-state index contributed by atoms with van der Waals surface area (Å²) in [6.07, 6.45) is 3.51. The SMILES string of the molecule is COc1cc(NC(=O)C2(c3ccc(OC)c(OC)c3)CCCC2)ccc1O. The van der Waals surface area contributed by atoms with E-state index in [-0.39, 0.29) is 11.7 Å². The van der Waals surface area contributed by atoms with Crippen LogP contribution in [0.4, 0.5) is 5.69 Å². The van der Waals surface area contributed by atoms with Crippen LogP contribution in [0.2, 0.25) is 0 Å². The lowest BCUT2D eigenvalue weighted by molar-refractivity contribution is -0.121. The van der Waals surface area contributed by atoms with E-state index in [9.17, 15) is 9.90 Å². The van der Waals surface area contributed by atoms with Crippen LogP contribution >= 0.6 is 0 Å². The molecule has 0 heterocycles. The van der Waals surface area contributed by atoms with Gasteiger partial charge in [0.1, 0.15) is 0 Å². The molecule has 0 atom stereocenters. The number of phenols is 1. The van der Waals surface area contributed by atoms with Gasteiger partial charge in [-0.1, -0.05) is 18.9 Å². The minimum atomic E-state index is -0.620. The molecule has 2 N–H and O–H groups in total. The van der Waals surface area contributed by atoms with Gasteiger partial charge in [0.15, 0.2) is 23.0 Å². The number of amides is 1. The number of ether oxygens (including phenoxy) is 3. The molecule has 1 aliphatic carbocycles. The van der Waals surface area contributed by atoms with E-state index in [0.717, 1.165) is 31.2 Å². The van der Waals surface area contributed by atoms with Gasteiger partial charge in [-0.15, -0.1) is 0 Å². The molecule has 1 aliphatic rings. The van der Waals surface area contributed by atoms with Crippen molar-refractivity contribution >= 4 is 11.6 Å². The number of aromatic hydroxyl groups is 1. The van der Waals surface area contributed by atoms with E-state index in [0.29, 0.717) is 22.9 Å². The van der Waals surface area contributed by atoms with Gasteiger partial charge in [0, 0.05) is 11.8 Å². The van der Waals surface area contributed by atoms with Crippen LogP contribution in [-0.2, 0) is 10.2 Å². The van der Waals surface area contributed by atoms with Crippen molar-refractivity contribution in [1.29, 1.82) is 0 Å². The first-order valence-electron chi connectivity index (χ1n) is 8.95. The molecule has 0 aromatic heterocycles. The molecule has 0 radical (unpaired) electrons. The Morgan fingerprint density at radius 2 is 1.59 bits per heavy atom. The maximum atomic E-state index is 13.3. The summed E-state index contributed by atoms with van der Waals surface area (Å²) in [5, 5.41) is 12.7. The lowest BCUT2D eigenvalue weighted by Gasteiger charge is -2.29. The number of rotatable bonds is 6. The number of methoxy groups -OCH3 is 3. The van der Waals surface area contributed by atoms with Crippen molar-refractivity contribution in [2.45, 2.75) is 31.1 Å². The topological polar surface area (TPSA) is 77.0 Å². The quantitative estimate of drug-likeness (QED) is 0.754. The van der Waals surface area contributed by atoms with E-state index in [1.165, 1.54) is 13.2 Å². The molecule has 27 heavy (non-hydrogen) atoms. The van der Waals surface area contributed by atoms with Crippen molar-refractivity contribution in [2.24, 2.45) is 0 Å². The molecule has 1 saturated carbocycles. The molecule has 2 aromatic carbocycles. The summed E-state index contributed by atoms with van der Waals surface area (Å²) < 4.78 is 15.9. The van der Waals surface area contributed by atoms with Crippen molar-refractivity contribution in [1.82, 2.24) is 0 Å². The molecule has 0 unspecified atom stereocenters. The van der Waals surface area contributed by atoms with E-state index in [2.05, 4.69) is 5.32 Å². The van der Waals surface area contributed by atoms with Crippen LogP contribution in [0.25, 0.3) is 0 Å². The fourth-order valence-electron chi connectivity index (χ4n) is 3.77. The number of hydrogen-bond acceptors (Lipinski definition) is 5. The lowest BCUT2D eigenvalue weighted by atomic mass is 9.77. The number of carbonyl (C=O) groups excluding carboxylic acids is 1. The summed E-state index contributed by atoms with van der Waals surface area (Å²) >= 11 is 0. The molecule has 3 rings (SSSR count). The molecule has 6 nitrogen and oxygen atoms in total. The average Bonchev–Trinajstić information content (AvgIpc) is 3.20. The van der Waals surface area contributed by atoms with Crippen molar-refractivity contribution < 1.29 is 24.1 Å². The third-order valence-electron chi connectivity index (χ3n) is 5.27. The van der Waals surface area contributed by atoms with Crippen LogP contribution in [0.3, 0.4) is 0 Å². The molecule has 1 amide bonds. The fraction of sp³-hybridized carbons (Fsp3) is 0.381. The highest BCUT2D eigenvalue weighted by molar-refractivity contribution is 5.99. The van der Waals surface area contributed by atoms with Gasteiger partial charge in [0.25, 0.3) is 0 Å². The first-order chi connectivity index (χ1) is 13.0. The summed E-state index contributed by atoms with van der Waals surface area (Å²) in [6.45, 7) is 0. The van der Waals surface area contributed by atoms with Crippen LogP contribution < -0.4 is 19.5 Å². The zero-order valence-corrected chi connectivity index (χ0v) is 15.9. The van der Waals surface area contributed by atoms with Gasteiger partial charge in [-0.3, -0.25) is 4.79 Å². The molecule has 0 spiro atoms. The summed E-state index contributed by atoms with van der Waals surface area (Å²) in [4.78, 5) is 13.3. The van der Waals surface area contributed by atoms with Crippen molar-refractivity contribution in [3.63, 3.8) is 0 Å². The van der Waals surface area contributed by atoms with Crippen molar-refractivity contribution in [3.8, 4) is 23.0 Å². The summed E-state index contributed by atoms with van der Waals surface area (Å²) in [6, 6.07) is 10.4. The highest BCUT2D eigenvalue weighted by Gasteiger charge is 2.43. The Balaban J connectivity index is 1.94. The zero-order valence-electron chi connectivity index (χ0n) is 15.9. The molecule has 1 fully saturated rings. The maximum absolute atomic E-state index is 13.3. The minimum absolute atomic E-state index is 0.0333. The summed E-state index contributed by atoms with van der Waals surface area (Å²) in [5.74, 6) is 1.53. The van der Waals surface area contributed by atoms with Gasteiger partial charge in [0.2, 0.25) is 5.91 Å². The van der Waals surface area contributed by atoms with Crippen LogP contribution in [-0.4, -0.2) is 32.3 Å². The largest absolute Gasteiger partial charge is 0.504 e. The smallest absolute Gasteiger partial charge is 0.235 e. The van der Waals surface area contributed by atoms with E-state index in [4.69, 9.17) is 14.2 Å². The Labute approximate surface area is 159 Å². The Morgan fingerprint density at radius 1 is 0.926 bits per heavy atom. The van der Waals surface area contributed by atoms with Crippen LogP contribution in [0, 0.1) is 0 Å². The standard InChI is InChI=1S/C21H25NO5/c1-25-17-9-6-14(12-19(17)27-3)21(10-4-5-11-21)20(24)22-15-7-8-16(23)18(13-15)26-2/h6-9,12-13,23H,4-5,10-11H2,1-3H3,(H,22,24). The van der Waals surface area contributed by atoms with Gasteiger partial charge < -0.3 is 24.6 Å². The highest BCUT2D eigenvalue weighted by atomic mass is 16.5. The summed E-state index contributed by atoms with van der Waals surface area (Å²) in [5.41, 5.74) is 0.882. The van der Waals surface area contributed by atoms with Crippen LogP contribution in [0.1, 0.15) is 31.2 Å². The molecule has 0 aliphatic heterocycles. The molecular formula is C21H25NO5.